The average Bonchev–Trinajstić information content (AvgIpc) is 1.84. The summed E-state index contributed by atoms with van der Waals surface area (Å²) in [5, 5.41) is 9.31. The van der Waals surface area contributed by atoms with Crippen molar-refractivity contribution in [3.63, 3.8) is 0 Å². The maximum absolute atomic E-state index is 9.31. The Morgan fingerprint density at radius 2 is 2.22 bits per heavy atom. The van der Waals surface area contributed by atoms with Crippen LogP contribution in [0, 0.1) is 0 Å². The fourth-order valence-electron chi connectivity index (χ4n) is 0.353. The van der Waals surface area contributed by atoms with Gasteiger partial charge in [-0.1, -0.05) is 6.92 Å². The normalized spacial score (nSPS) is 17.3. The van der Waals surface area contributed by atoms with Crippen LogP contribution in [-0.4, -0.2) is 24.4 Å². The number of rotatable bonds is 4. The van der Waals surface area contributed by atoms with E-state index in [1.165, 1.54) is 7.11 Å². The van der Waals surface area contributed by atoms with Gasteiger partial charge in [-0.05, 0) is 13.3 Å². The minimum atomic E-state index is -0.643. The van der Waals surface area contributed by atoms with Crippen LogP contribution in [0.2, 0.25) is 0 Å². The lowest BCUT2D eigenvalue weighted by molar-refractivity contribution is -0.00465. The average molecular weight is 133 g/mol. The van der Waals surface area contributed by atoms with Crippen molar-refractivity contribution in [1.82, 2.24) is 5.48 Å². The molecule has 1 atom stereocenters. The molecular formula is C6H15NO2. The zero-order valence-corrected chi connectivity index (χ0v) is 6.27. The lowest BCUT2D eigenvalue weighted by atomic mass is 10.1. The predicted octanol–water partition coefficient (Wildman–Crippen LogP) is 0.298. The SMILES string of the molecule is CCC(C)(O)CNOC. The lowest BCUT2D eigenvalue weighted by Crippen LogP contribution is -2.36. The molecule has 0 aliphatic carbocycles. The van der Waals surface area contributed by atoms with Crippen LogP contribution in [0.25, 0.3) is 0 Å². The highest BCUT2D eigenvalue weighted by Gasteiger charge is 2.15. The van der Waals surface area contributed by atoms with Gasteiger partial charge in [-0.25, -0.2) is 5.48 Å². The number of hydrogen-bond donors (Lipinski definition) is 2. The van der Waals surface area contributed by atoms with Crippen molar-refractivity contribution < 1.29 is 9.94 Å². The number of hydrogen-bond acceptors (Lipinski definition) is 3. The van der Waals surface area contributed by atoms with Crippen molar-refractivity contribution in [1.29, 1.82) is 0 Å². The second-order valence-electron chi connectivity index (χ2n) is 2.38. The second-order valence-corrected chi connectivity index (χ2v) is 2.38. The van der Waals surface area contributed by atoms with Gasteiger partial charge in [0.05, 0.1) is 12.7 Å². The van der Waals surface area contributed by atoms with Crippen LogP contribution < -0.4 is 5.48 Å². The van der Waals surface area contributed by atoms with Gasteiger partial charge in [-0.15, -0.1) is 0 Å². The van der Waals surface area contributed by atoms with E-state index >= 15 is 0 Å². The topological polar surface area (TPSA) is 41.5 Å². The van der Waals surface area contributed by atoms with Gasteiger partial charge in [-0.3, -0.25) is 0 Å². The monoisotopic (exact) mass is 133 g/mol. The zero-order chi connectivity index (χ0) is 7.33. The Labute approximate surface area is 56.0 Å². The van der Waals surface area contributed by atoms with Crippen molar-refractivity contribution in [2.24, 2.45) is 0 Å². The van der Waals surface area contributed by atoms with E-state index in [0.717, 1.165) is 6.42 Å². The summed E-state index contributed by atoms with van der Waals surface area (Å²) in [6, 6.07) is 0. The standard InChI is InChI=1S/C6H15NO2/c1-4-6(2,8)5-7-9-3/h7-8H,4-5H2,1-3H3. The van der Waals surface area contributed by atoms with E-state index in [2.05, 4.69) is 10.3 Å². The first kappa shape index (κ1) is 8.88. The molecule has 3 heteroatoms. The highest BCUT2D eigenvalue weighted by Crippen LogP contribution is 2.05. The van der Waals surface area contributed by atoms with E-state index in [0.29, 0.717) is 6.54 Å². The molecule has 1 unspecified atom stereocenters. The van der Waals surface area contributed by atoms with Crippen LogP contribution in [0.15, 0.2) is 0 Å². The van der Waals surface area contributed by atoms with Crippen LogP contribution in [0.4, 0.5) is 0 Å². The number of aliphatic hydroxyl groups is 1. The molecule has 9 heavy (non-hydrogen) atoms. The molecule has 0 bridgehead atoms. The third-order valence-corrected chi connectivity index (χ3v) is 1.36. The van der Waals surface area contributed by atoms with Crippen molar-refractivity contribution in [3.05, 3.63) is 0 Å². The maximum Gasteiger partial charge on any atom is 0.0764 e. The summed E-state index contributed by atoms with van der Waals surface area (Å²) < 4.78 is 0. The van der Waals surface area contributed by atoms with Crippen LogP contribution in [0.3, 0.4) is 0 Å². The first-order chi connectivity index (χ1) is 4.12. The van der Waals surface area contributed by atoms with Gasteiger partial charge in [0.15, 0.2) is 0 Å². The highest BCUT2D eigenvalue weighted by molar-refractivity contribution is 4.70. The highest BCUT2D eigenvalue weighted by atomic mass is 16.6. The molecule has 0 aliphatic heterocycles. The Balaban J connectivity index is 3.33. The molecule has 0 aromatic heterocycles. The Morgan fingerprint density at radius 3 is 2.56 bits per heavy atom. The molecule has 0 amide bonds. The molecule has 0 aromatic rings. The van der Waals surface area contributed by atoms with Crippen LogP contribution >= 0.6 is 0 Å². The summed E-state index contributed by atoms with van der Waals surface area (Å²) >= 11 is 0. The van der Waals surface area contributed by atoms with Crippen LogP contribution in [0.1, 0.15) is 20.3 Å². The van der Waals surface area contributed by atoms with Crippen molar-refractivity contribution in [3.8, 4) is 0 Å². The van der Waals surface area contributed by atoms with Gasteiger partial charge in [0, 0.05) is 6.54 Å². The Bertz CT molecular complexity index is 73.5. The van der Waals surface area contributed by atoms with Crippen LogP contribution in [-0.2, 0) is 4.84 Å². The molecule has 0 heterocycles. The summed E-state index contributed by atoms with van der Waals surface area (Å²) in [5.74, 6) is 0. The first-order valence-corrected chi connectivity index (χ1v) is 3.10. The minimum Gasteiger partial charge on any atom is -0.389 e. The fraction of sp³-hybridized carbons (Fsp3) is 1.00. The van der Waals surface area contributed by atoms with E-state index < -0.39 is 5.60 Å². The van der Waals surface area contributed by atoms with Gasteiger partial charge in [-0.2, -0.15) is 0 Å². The molecule has 0 aromatic carbocycles. The van der Waals surface area contributed by atoms with E-state index in [4.69, 9.17) is 0 Å². The zero-order valence-electron chi connectivity index (χ0n) is 6.27. The van der Waals surface area contributed by atoms with E-state index in [1.54, 1.807) is 6.92 Å². The van der Waals surface area contributed by atoms with E-state index in [-0.39, 0.29) is 0 Å². The largest absolute Gasteiger partial charge is 0.389 e. The smallest absolute Gasteiger partial charge is 0.0764 e. The van der Waals surface area contributed by atoms with Gasteiger partial charge >= 0.3 is 0 Å². The van der Waals surface area contributed by atoms with E-state index in [9.17, 15) is 5.11 Å². The summed E-state index contributed by atoms with van der Waals surface area (Å²) in [6.07, 6.45) is 0.726. The molecule has 0 radical (unpaired) electrons. The van der Waals surface area contributed by atoms with Crippen LogP contribution in [0.5, 0.6) is 0 Å². The molecule has 0 spiro atoms. The fourth-order valence-corrected chi connectivity index (χ4v) is 0.353. The Kier molecular flexibility index (Phi) is 3.77. The molecule has 0 saturated heterocycles. The number of nitrogens with one attached hydrogen (secondary N) is 1. The Morgan fingerprint density at radius 1 is 1.67 bits per heavy atom. The minimum absolute atomic E-state index is 0.472. The van der Waals surface area contributed by atoms with Gasteiger partial charge in [0.2, 0.25) is 0 Å². The van der Waals surface area contributed by atoms with E-state index in [1.807, 2.05) is 6.92 Å². The summed E-state index contributed by atoms with van der Waals surface area (Å²) in [4.78, 5) is 4.57. The second kappa shape index (κ2) is 3.82. The molecule has 2 N–H and O–H groups in total. The maximum atomic E-state index is 9.31. The molecule has 3 nitrogen and oxygen atoms in total. The van der Waals surface area contributed by atoms with Crippen molar-refractivity contribution >= 4 is 0 Å². The van der Waals surface area contributed by atoms with Gasteiger partial charge < -0.3 is 9.94 Å². The van der Waals surface area contributed by atoms with Gasteiger partial charge in [0.25, 0.3) is 0 Å². The van der Waals surface area contributed by atoms with Crippen molar-refractivity contribution in [2.75, 3.05) is 13.7 Å². The molecule has 0 fully saturated rings. The molecule has 0 saturated carbocycles. The summed E-state index contributed by atoms with van der Waals surface area (Å²) in [6.45, 7) is 4.16. The Hall–Kier alpha value is -0.120. The molecule has 56 valence electrons. The quantitative estimate of drug-likeness (QED) is 0.542. The first-order valence-electron chi connectivity index (χ1n) is 3.10. The predicted molar refractivity (Wildman–Crippen MR) is 35.9 cm³/mol. The third kappa shape index (κ3) is 4.39. The number of hydroxylamine groups is 1. The lowest BCUT2D eigenvalue weighted by Gasteiger charge is -2.20. The van der Waals surface area contributed by atoms with Crippen molar-refractivity contribution in [2.45, 2.75) is 25.9 Å². The molecular weight excluding hydrogens is 118 g/mol. The third-order valence-electron chi connectivity index (χ3n) is 1.36. The van der Waals surface area contributed by atoms with Gasteiger partial charge in [0.1, 0.15) is 0 Å². The summed E-state index contributed by atoms with van der Waals surface area (Å²) in [5.41, 5.74) is 1.95. The summed E-state index contributed by atoms with van der Waals surface area (Å²) in [7, 11) is 1.53. The molecule has 0 rings (SSSR count). The molecule has 0 aliphatic rings.